The highest BCUT2D eigenvalue weighted by Crippen LogP contribution is 2.37. The van der Waals surface area contributed by atoms with E-state index in [1.165, 1.54) is 16.7 Å². The van der Waals surface area contributed by atoms with Crippen LogP contribution in [0.3, 0.4) is 0 Å². The molecule has 0 bridgehead atoms. The van der Waals surface area contributed by atoms with Crippen molar-refractivity contribution in [3.8, 4) is 0 Å². The quantitative estimate of drug-likeness (QED) is 0.300. The molecule has 0 aliphatic carbocycles. The molecule has 2 aromatic carbocycles. The number of halogens is 2. The predicted octanol–water partition coefficient (Wildman–Crippen LogP) is 5.60. The summed E-state index contributed by atoms with van der Waals surface area (Å²) >= 11 is 0. The molecule has 0 saturated carbocycles. The number of hydrogen-bond donors (Lipinski definition) is 1. The third-order valence-corrected chi connectivity index (χ3v) is 7.58. The Balaban J connectivity index is 0.00000210. The fourth-order valence-electron chi connectivity index (χ4n) is 5.83. The highest BCUT2D eigenvalue weighted by atomic mass is 35.5. The van der Waals surface area contributed by atoms with Crippen LogP contribution in [-0.2, 0) is 19.4 Å². The van der Waals surface area contributed by atoms with Crippen molar-refractivity contribution in [2.24, 2.45) is 5.73 Å². The second-order valence-electron chi connectivity index (χ2n) is 9.69. The number of pyridine rings is 2. The molecule has 1 aliphatic heterocycles. The Morgan fingerprint density at radius 1 is 0.821 bits per heavy atom. The molecule has 1 aliphatic rings. The van der Waals surface area contributed by atoms with Crippen LogP contribution in [0.25, 0.3) is 10.9 Å². The van der Waals surface area contributed by atoms with Gasteiger partial charge in [0, 0.05) is 61.6 Å². The Hall–Kier alpha value is -3.03. The van der Waals surface area contributed by atoms with Crippen LogP contribution >= 0.6 is 24.8 Å². The molecule has 0 spiro atoms. The maximum atomic E-state index is 12.3. The molecule has 39 heavy (non-hydrogen) atoms. The third-order valence-electron chi connectivity index (χ3n) is 7.58. The van der Waals surface area contributed by atoms with Gasteiger partial charge in [0.25, 0.3) is 0 Å². The maximum Gasteiger partial charge on any atom is 0.248 e. The SMILES string of the molecule is CCc1c(C(N)=O)ccc(C(c2cccc3cccnc23)N2CCN(Cc3ccccn3)CC2)c1CC.Cl.Cl. The number of amides is 1. The van der Waals surface area contributed by atoms with Gasteiger partial charge in [0.1, 0.15) is 0 Å². The number of para-hydroxylation sites is 1. The van der Waals surface area contributed by atoms with E-state index >= 15 is 0 Å². The Morgan fingerprint density at radius 3 is 2.21 bits per heavy atom. The number of fused-ring (bicyclic) bond motifs is 1. The van der Waals surface area contributed by atoms with Crippen molar-refractivity contribution in [3.63, 3.8) is 0 Å². The van der Waals surface area contributed by atoms with Crippen molar-refractivity contribution in [1.29, 1.82) is 0 Å². The Labute approximate surface area is 243 Å². The van der Waals surface area contributed by atoms with Crippen LogP contribution < -0.4 is 5.73 Å². The van der Waals surface area contributed by atoms with Crippen LogP contribution in [0, 0.1) is 0 Å². The van der Waals surface area contributed by atoms with E-state index in [0.29, 0.717) is 5.56 Å². The summed E-state index contributed by atoms with van der Waals surface area (Å²) < 4.78 is 0. The zero-order valence-corrected chi connectivity index (χ0v) is 24.2. The molecule has 1 unspecified atom stereocenters. The number of nitrogens with zero attached hydrogens (tertiary/aromatic N) is 4. The lowest BCUT2D eigenvalue weighted by Crippen LogP contribution is -2.47. The molecule has 206 valence electrons. The van der Waals surface area contributed by atoms with Gasteiger partial charge in [-0.2, -0.15) is 0 Å². The number of carbonyl (C=O) groups excluding carboxylic acids is 1. The number of aromatic nitrogens is 2. The van der Waals surface area contributed by atoms with Crippen molar-refractivity contribution < 1.29 is 4.79 Å². The number of piperazine rings is 1. The molecular formula is C31H37Cl2N5O. The fourth-order valence-corrected chi connectivity index (χ4v) is 5.83. The van der Waals surface area contributed by atoms with Crippen molar-refractivity contribution in [2.75, 3.05) is 26.2 Å². The standard InChI is InChI=1S/C31H35N5O.2ClH/c1-3-24-25(4-2)27(31(32)37)14-13-26(24)30(28-12-7-9-22-10-8-16-34-29(22)28)36-19-17-35(18-20-36)21-23-11-5-6-15-33-23;;/h5-16,30H,3-4,17-21H2,1-2H3,(H2,32,37);2*1H. The van der Waals surface area contributed by atoms with Gasteiger partial charge in [-0.25, -0.2) is 0 Å². The van der Waals surface area contributed by atoms with Crippen LogP contribution in [0.1, 0.15) is 58.2 Å². The molecule has 3 heterocycles. The summed E-state index contributed by atoms with van der Waals surface area (Å²) in [6.07, 6.45) is 5.35. The lowest BCUT2D eigenvalue weighted by atomic mass is 9.85. The van der Waals surface area contributed by atoms with Gasteiger partial charge < -0.3 is 5.73 Å². The van der Waals surface area contributed by atoms with E-state index in [4.69, 9.17) is 10.7 Å². The monoisotopic (exact) mass is 565 g/mol. The maximum absolute atomic E-state index is 12.3. The molecule has 1 atom stereocenters. The minimum Gasteiger partial charge on any atom is -0.366 e. The predicted molar refractivity (Wildman–Crippen MR) is 163 cm³/mol. The molecule has 2 aromatic heterocycles. The molecule has 1 fully saturated rings. The van der Waals surface area contributed by atoms with Crippen LogP contribution in [0.2, 0.25) is 0 Å². The second-order valence-corrected chi connectivity index (χ2v) is 9.69. The molecule has 5 rings (SSSR count). The average Bonchev–Trinajstić information content (AvgIpc) is 2.94. The minimum atomic E-state index is -0.357. The normalized spacial score (nSPS) is 14.8. The third kappa shape index (κ3) is 6.42. The van der Waals surface area contributed by atoms with Crippen molar-refractivity contribution in [3.05, 3.63) is 107 Å². The minimum absolute atomic E-state index is 0. The average molecular weight is 567 g/mol. The van der Waals surface area contributed by atoms with Gasteiger partial charge in [0.2, 0.25) is 5.91 Å². The Kier molecular flexibility index (Phi) is 10.8. The summed E-state index contributed by atoms with van der Waals surface area (Å²) in [4.78, 5) is 26.6. The van der Waals surface area contributed by atoms with Gasteiger partial charge >= 0.3 is 0 Å². The van der Waals surface area contributed by atoms with Crippen molar-refractivity contribution in [2.45, 2.75) is 39.3 Å². The molecule has 2 N–H and O–H groups in total. The Bertz CT molecular complexity index is 1390. The first-order valence-corrected chi connectivity index (χ1v) is 13.2. The largest absolute Gasteiger partial charge is 0.366 e. The smallest absolute Gasteiger partial charge is 0.248 e. The lowest BCUT2D eigenvalue weighted by Gasteiger charge is -2.40. The van der Waals surface area contributed by atoms with E-state index in [1.54, 1.807) is 0 Å². The van der Waals surface area contributed by atoms with Crippen LogP contribution in [-0.4, -0.2) is 51.9 Å². The number of carbonyl (C=O) groups is 1. The van der Waals surface area contributed by atoms with Crippen molar-refractivity contribution in [1.82, 2.24) is 19.8 Å². The highest BCUT2D eigenvalue weighted by molar-refractivity contribution is 5.95. The first-order chi connectivity index (χ1) is 18.1. The van der Waals surface area contributed by atoms with Crippen LogP contribution in [0.5, 0.6) is 0 Å². The molecule has 8 heteroatoms. The zero-order valence-electron chi connectivity index (χ0n) is 22.5. The van der Waals surface area contributed by atoms with E-state index < -0.39 is 0 Å². The van der Waals surface area contributed by atoms with Gasteiger partial charge in [-0.1, -0.05) is 50.2 Å². The van der Waals surface area contributed by atoms with Gasteiger partial charge in [-0.15, -0.1) is 24.8 Å². The lowest BCUT2D eigenvalue weighted by molar-refractivity contribution is 0.0998. The number of rotatable bonds is 8. The van der Waals surface area contributed by atoms with E-state index in [9.17, 15) is 4.79 Å². The summed E-state index contributed by atoms with van der Waals surface area (Å²) in [5, 5.41) is 1.14. The molecule has 1 amide bonds. The van der Waals surface area contributed by atoms with E-state index in [1.807, 2.05) is 30.6 Å². The topological polar surface area (TPSA) is 75.4 Å². The van der Waals surface area contributed by atoms with Crippen molar-refractivity contribution >= 4 is 41.6 Å². The Morgan fingerprint density at radius 2 is 1.54 bits per heavy atom. The number of nitrogens with two attached hydrogens (primary N) is 1. The van der Waals surface area contributed by atoms with E-state index in [0.717, 1.165) is 67.7 Å². The molecule has 6 nitrogen and oxygen atoms in total. The summed E-state index contributed by atoms with van der Waals surface area (Å²) in [5.74, 6) is -0.357. The molecule has 0 radical (unpaired) electrons. The summed E-state index contributed by atoms with van der Waals surface area (Å²) in [7, 11) is 0. The van der Waals surface area contributed by atoms with E-state index in [2.05, 4.69) is 71.1 Å². The van der Waals surface area contributed by atoms with Gasteiger partial charge in [-0.05, 0) is 53.8 Å². The summed E-state index contributed by atoms with van der Waals surface area (Å²) in [6, 6.07) is 20.8. The van der Waals surface area contributed by atoms with E-state index in [-0.39, 0.29) is 36.8 Å². The second kappa shape index (κ2) is 13.9. The van der Waals surface area contributed by atoms with Crippen LogP contribution in [0.4, 0.5) is 0 Å². The van der Waals surface area contributed by atoms with Crippen LogP contribution in [0.15, 0.2) is 73.1 Å². The van der Waals surface area contributed by atoms with Gasteiger partial charge in [0.05, 0.1) is 17.3 Å². The van der Waals surface area contributed by atoms with Gasteiger partial charge in [-0.3, -0.25) is 24.6 Å². The molecular weight excluding hydrogens is 529 g/mol. The molecule has 4 aromatic rings. The summed E-state index contributed by atoms with van der Waals surface area (Å²) in [6.45, 7) is 8.94. The highest BCUT2D eigenvalue weighted by Gasteiger charge is 2.30. The summed E-state index contributed by atoms with van der Waals surface area (Å²) in [5.41, 5.74) is 13.3. The number of hydrogen-bond acceptors (Lipinski definition) is 5. The first kappa shape index (κ1) is 30.5. The first-order valence-electron chi connectivity index (χ1n) is 13.2. The fraction of sp³-hybridized carbons (Fsp3) is 0.323. The number of primary amides is 1. The molecule has 1 saturated heterocycles. The zero-order chi connectivity index (χ0) is 25.8. The van der Waals surface area contributed by atoms with Gasteiger partial charge in [0.15, 0.2) is 0 Å². The number of benzene rings is 2.